The summed E-state index contributed by atoms with van der Waals surface area (Å²) >= 11 is 1.34. The van der Waals surface area contributed by atoms with Crippen LogP contribution in [0.1, 0.15) is 43.3 Å². The fraction of sp³-hybridized carbons (Fsp3) is 0.417. The van der Waals surface area contributed by atoms with Gasteiger partial charge in [0.15, 0.2) is 0 Å². The summed E-state index contributed by atoms with van der Waals surface area (Å²) in [5.74, 6) is -1.71. The first-order valence-corrected chi connectivity index (χ1v) is 11.5. The lowest BCUT2D eigenvalue weighted by atomic mass is 9.51. The monoisotopic (exact) mass is 454 g/mol. The number of aromatic nitrogens is 1. The number of primary amides is 1. The number of thiazole rings is 1. The van der Waals surface area contributed by atoms with Crippen LogP contribution >= 0.6 is 11.3 Å². The van der Waals surface area contributed by atoms with Crippen molar-refractivity contribution in [2.45, 2.75) is 46.0 Å². The molecule has 2 heterocycles. The van der Waals surface area contributed by atoms with Crippen LogP contribution in [0, 0.1) is 18.3 Å². The van der Waals surface area contributed by atoms with E-state index in [2.05, 4.69) is 4.98 Å². The summed E-state index contributed by atoms with van der Waals surface area (Å²) in [7, 11) is 0. The highest BCUT2D eigenvalue weighted by Gasteiger charge is 2.67. The fourth-order valence-corrected chi connectivity index (χ4v) is 5.58. The SMILES string of the molecule is CC1=NC(CC(C)C)=C(CN)C(C(N)=O)(c2ccc(C)cc2)C1(Cc1nccs1)C(=O)O. The molecule has 3 rings (SSSR count). The fourth-order valence-electron chi connectivity index (χ4n) is 4.88. The Morgan fingerprint density at radius 1 is 1.19 bits per heavy atom. The van der Waals surface area contributed by atoms with Gasteiger partial charge in [0.05, 0.1) is 5.01 Å². The zero-order valence-corrected chi connectivity index (χ0v) is 19.7. The van der Waals surface area contributed by atoms with E-state index in [9.17, 15) is 14.7 Å². The molecule has 170 valence electrons. The molecule has 1 aliphatic heterocycles. The molecular weight excluding hydrogens is 424 g/mol. The van der Waals surface area contributed by atoms with Crippen molar-refractivity contribution in [2.75, 3.05) is 6.54 Å². The van der Waals surface area contributed by atoms with E-state index in [-0.39, 0.29) is 18.9 Å². The van der Waals surface area contributed by atoms with Gasteiger partial charge >= 0.3 is 5.97 Å². The molecule has 1 amide bonds. The van der Waals surface area contributed by atoms with Crippen LogP contribution in [-0.2, 0) is 21.4 Å². The number of allylic oxidation sites excluding steroid dienone is 1. The minimum atomic E-state index is -1.76. The van der Waals surface area contributed by atoms with E-state index >= 15 is 0 Å². The number of nitrogens with two attached hydrogens (primary N) is 2. The molecule has 1 aromatic heterocycles. The van der Waals surface area contributed by atoms with Crippen LogP contribution in [0.5, 0.6) is 0 Å². The van der Waals surface area contributed by atoms with Crippen LogP contribution in [0.3, 0.4) is 0 Å². The summed E-state index contributed by atoms with van der Waals surface area (Å²) in [6, 6.07) is 7.27. The number of carbonyl (C=O) groups is 2. The van der Waals surface area contributed by atoms with Gasteiger partial charge in [0.2, 0.25) is 5.91 Å². The topological polar surface area (TPSA) is 132 Å². The summed E-state index contributed by atoms with van der Waals surface area (Å²) in [5.41, 5.74) is 11.9. The molecule has 2 aromatic rings. The molecule has 0 fully saturated rings. The average molecular weight is 455 g/mol. The molecule has 2 unspecified atom stereocenters. The van der Waals surface area contributed by atoms with Gasteiger partial charge in [-0.15, -0.1) is 11.3 Å². The smallest absolute Gasteiger partial charge is 0.317 e. The molecule has 8 heteroatoms. The van der Waals surface area contributed by atoms with Crippen LogP contribution in [0.2, 0.25) is 0 Å². The highest BCUT2D eigenvalue weighted by atomic mass is 32.1. The van der Waals surface area contributed by atoms with Gasteiger partial charge in [-0.3, -0.25) is 14.6 Å². The molecule has 7 nitrogen and oxygen atoms in total. The molecule has 5 N–H and O–H groups in total. The third-order valence-corrected chi connectivity index (χ3v) is 7.07. The molecule has 0 bridgehead atoms. The van der Waals surface area contributed by atoms with E-state index < -0.39 is 22.7 Å². The van der Waals surface area contributed by atoms with Gasteiger partial charge < -0.3 is 16.6 Å². The molecule has 0 spiro atoms. The standard InChI is InChI=1S/C24H30N4O3S/c1-14(2)11-19-18(13-25)24(21(26)29,17-7-5-15(3)6-8-17)23(22(30)31,16(4)28-19)12-20-27-9-10-32-20/h5-10,14H,11-13,25H2,1-4H3,(H2,26,29)(H,30,31). The van der Waals surface area contributed by atoms with Gasteiger partial charge in [-0.05, 0) is 37.3 Å². The highest BCUT2D eigenvalue weighted by Crippen LogP contribution is 2.54. The third-order valence-electron chi connectivity index (χ3n) is 6.29. The normalized spacial score (nSPS) is 23.4. The van der Waals surface area contributed by atoms with Crippen molar-refractivity contribution in [1.29, 1.82) is 0 Å². The second-order valence-electron chi connectivity index (χ2n) is 8.72. The number of hydrogen-bond donors (Lipinski definition) is 3. The minimum Gasteiger partial charge on any atom is -0.480 e. The zero-order valence-electron chi connectivity index (χ0n) is 18.9. The number of nitrogens with zero attached hydrogens (tertiary/aromatic N) is 2. The number of benzene rings is 1. The molecule has 0 radical (unpaired) electrons. The quantitative estimate of drug-likeness (QED) is 0.563. The first-order valence-electron chi connectivity index (χ1n) is 10.6. The maximum absolute atomic E-state index is 13.6. The number of aliphatic carboxylic acids is 1. The summed E-state index contributed by atoms with van der Waals surface area (Å²) in [6.45, 7) is 7.64. The molecule has 2 atom stereocenters. The van der Waals surface area contributed by atoms with Crippen LogP contribution in [-0.4, -0.2) is 34.2 Å². The van der Waals surface area contributed by atoms with E-state index in [4.69, 9.17) is 16.5 Å². The Bertz CT molecular complexity index is 1070. The van der Waals surface area contributed by atoms with Crippen LogP contribution in [0.25, 0.3) is 0 Å². The maximum atomic E-state index is 13.6. The number of carboxylic acid groups (broad SMARTS) is 1. The Labute approximate surface area is 192 Å². The van der Waals surface area contributed by atoms with Gasteiger partial charge in [-0.25, -0.2) is 4.98 Å². The number of hydrogen-bond acceptors (Lipinski definition) is 6. The predicted octanol–water partition coefficient (Wildman–Crippen LogP) is 3.22. The van der Waals surface area contributed by atoms with Crippen LogP contribution in [0.15, 0.2) is 52.1 Å². The van der Waals surface area contributed by atoms with E-state index in [1.54, 1.807) is 30.6 Å². The van der Waals surface area contributed by atoms with Crippen molar-refractivity contribution in [3.8, 4) is 0 Å². The van der Waals surface area contributed by atoms with Crippen molar-refractivity contribution < 1.29 is 14.7 Å². The molecular formula is C24H30N4O3S. The Kier molecular flexibility index (Phi) is 6.67. The number of aliphatic imine (C=N–C) groups is 1. The summed E-state index contributed by atoms with van der Waals surface area (Å²) in [6.07, 6.45) is 2.15. The Morgan fingerprint density at radius 3 is 2.31 bits per heavy atom. The largest absolute Gasteiger partial charge is 0.480 e. The van der Waals surface area contributed by atoms with Crippen molar-refractivity contribution in [1.82, 2.24) is 4.98 Å². The number of amides is 1. The van der Waals surface area contributed by atoms with Gasteiger partial charge in [-0.2, -0.15) is 0 Å². The van der Waals surface area contributed by atoms with E-state index in [0.29, 0.717) is 34.0 Å². The van der Waals surface area contributed by atoms with Crippen molar-refractivity contribution in [3.63, 3.8) is 0 Å². The third kappa shape index (κ3) is 3.57. The number of rotatable bonds is 8. The first-order chi connectivity index (χ1) is 15.1. The van der Waals surface area contributed by atoms with Crippen molar-refractivity contribution in [3.05, 3.63) is 63.2 Å². The lowest BCUT2D eigenvalue weighted by Gasteiger charge is -2.50. The molecule has 0 saturated carbocycles. The molecule has 0 aliphatic carbocycles. The van der Waals surface area contributed by atoms with Gasteiger partial charge in [-0.1, -0.05) is 43.7 Å². The highest BCUT2D eigenvalue weighted by molar-refractivity contribution is 7.09. The van der Waals surface area contributed by atoms with Gasteiger partial charge in [0.1, 0.15) is 10.8 Å². The Hall–Kier alpha value is -2.84. The van der Waals surface area contributed by atoms with E-state index in [1.807, 2.05) is 32.9 Å². The second-order valence-corrected chi connectivity index (χ2v) is 9.70. The van der Waals surface area contributed by atoms with Gasteiger partial charge in [0.25, 0.3) is 0 Å². The van der Waals surface area contributed by atoms with Gasteiger partial charge in [0, 0.05) is 36.0 Å². The second kappa shape index (κ2) is 8.96. The van der Waals surface area contributed by atoms with Crippen molar-refractivity contribution in [2.24, 2.45) is 27.8 Å². The molecule has 0 saturated heterocycles. The lowest BCUT2D eigenvalue weighted by molar-refractivity contribution is -0.151. The van der Waals surface area contributed by atoms with Crippen molar-refractivity contribution >= 4 is 28.9 Å². The maximum Gasteiger partial charge on any atom is 0.317 e. The Balaban J connectivity index is 2.49. The van der Waals surface area contributed by atoms with Crippen LogP contribution in [0.4, 0.5) is 0 Å². The number of aryl methyl sites for hydroxylation is 1. The summed E-state index contributed by atoms with van der Waals surface area (Å²) in [4.78, 5) is 35.8. The number of carboxylic acids is 1. The zero-order chi connectivity index (χ0) is 23.7. The van der Waals surface area contributed by atoms with Crippen LogP contribution < -0.4 is 11.5 Å². The molecule has 1 aromatic carbocycles. The predicted molar refractivity (Wildman–Crippen MR) is 127 cm³/mol. The molecule has 1 aliphatic rings. The number of carbonyl (C=O) groups excluding carboxylic acids is 1. The lowest BCUT2D eigenvalue weighted by Crippen LogP contribution is -2.65. The summed E-state index contributed by atoms with van der Waals surface area (Å²) in [5, 5.41) is 13.1. The average Bonchev–Trinajstić information content (AvgIpc) is 3.22. The summed E-state index contributed by atoms with van der Waals surface area (Å²) < 4.78 is 0. The molecule has 32 heavy (non-hydrogen) atoms. The Morgan fingerprint density at radius 2 is 1.84 bits per heavy atom. The first kappa shape index (κ1) is 23.8. The van der Waals surface area contributed by atoms with E-state index in [1.165, 1.54) is 11.3 Å². The van der Waals surface area contributed by atoms with E-state index in [0.717, 1.165) is 5.56 Å². The minimum absolute atomic E-state index is 0.0232.